The van der Waals surface area contributed by atoms with Gasteiger partial charge in [-0.2, -0.15) is 0 Å². The molecule has 0 aliphatic carbocycles. The van der Waals surface area contributed by atoms with Gasteiger partial charge >= 0.3 is 0 Å². The summed E-state index contributed by atoms with van der Waals surface area (Å²) in [6, 6.07) is 5.00. The van der Waals surface area contributed by atoms with Crippen molar-refractivity contribution in [1.29, 1.82) is 0 Å². The van der Waals surface area contributed by atoms with E-state index in [2.05, 4.69) is 5.16 Å². The highest BCUT2D eigenvalue weighted by atomic mass is 19.1. The summed E-state index contributed by atoms with van der Waals surface area (Å²) < 4.78 is 18.3. The van der Waals surface area contributed by atoms with Crippen molar-refractivity contribution in [2.75, 3.05) is 6.54 Å². The maximum absolute atomic E-state index is 13.2. The van der Waals surface area contributed by atoms with Crippen LogP contribution in [0.2, 0.25) is 0 Å². The average Bonchev–Trinajstić information content (AvgIpc) is 2.95. The van der Waals surface area contributed by atoms with E-state index in [4.69, 9.17) is 4.52 Å². The van der Waals surface area contributed by atoms with Gasteiger partial charge in [-0.25, -0.2) is 4.39 Å². The van der Waals surface area contributed by atoms with Gasteiger partial charge in [-0.1, -0.05) is 17.3 Å². The second-order valence-corrected chi connectivity index (χ2v) is 5.42. The number of hydrogen-bond donors (Lipinski definition) is 0. The fourth-order valence-electron chi connectivity index (χ4n) is 2.63. The van der Waals surface area contributed by atoms with Crippen molar-refractivity contribution >= 4 is 5.91 Å². The van der Waals surface area contributed by atoms with Crippen molar-refractivity contribution in [2.45, 2.75) is 32.7 Å². The van der Waals surface area contributed by atoms with Gasteiger partial charge in [0.1, 0.15) is 11.6 Å². The number of hydrogen-bond acceptors (Lipinski definition) is 3. The van der Waals surface area contributed by atoms with Crippen LogP contribution in [0.25, 0.3) is 0 Å². The normalized spacial score (nSPS) is 14.1. The molecule has 1 aromatic carbocycles. The number of rotatable bonds is 3. The van der Waals surface area contributed by atoms with E-state index < -0.39 is 0 Å². The van der Waals surface area contributed by atoms with E-state index in [9.17, 15) is 9.18 Å². The van der Waals surface area contributed by atoms with Crippen LogP contribution < -0.4 is 0 Å². The lowest BCUT2D eigenvalue weighted by Crippen LogP contribution is -2.35. The summed E-state index contributed by atoms with van der Waals surface area (Å²) in [6.07, 6.45) is 3.47. The van der Waals surface area contributed by atoms with Gasteiger partial charge in [-0.05, 0) is 30.5 Å². The number of halogens is 1. The molecule has 0 saturated heterocycles. The molecule has 0 radical (unpaired) electrons. The largest absolute Gasteiger partial charge is 0.361 e. The Bertz CT molecular complexity index is 666. The van der Waals surface area contributed by atoms with Gasteiger partial charge in [-0.3, -0.25) is 4.79 Å². The van der Waals surface area contributed by atoms with Crippen molar-refractivity contribution in [2.24, 2.45) is 0 Å². The minimum Gasteiger partial charge on any atom is -0.361 e. The number of aromatic nitrogens is 1. The van der Waals surface area contributed by atoms with E-state index in [0.717, 1.165) is 23.3 Å². The summed E-state index contributed by atoms with van der Waals surface area (Å²) >= 11 is 0. The van der Waals surface area contributed by atoms with Crippen LogP contribution in [-0.2, 0) is 24.2 Å². The van der Waals surface area contributed by atoms with Crippen LogP contribution >= 0.6 is 0 Å². The maximum atomic E-state index is 13.2. The van der Waals surface area contributed by atoms with Crippen LogP contribution in [0, 0.1) is 12.7 Å². The monoisotopic (exact) mass is 288 g/mol. The second-order valence-electron chi connectivity index (χ2n) is 5.42. The Balaban J connectivity index is 1.58. The SMILES string of the molecule is Cc1cc(CCC(=O)N2CCc3oncc3C2)ccc1F. The second kappa shape index (κ2) is 5.68. The molecule has 0 saturated carbocycles. The molecule has 110 valence electrons. The highest BCUT2D eigenvalue weighted by Gasteiger charge is 2.23. The summed E-state index contributed by atoms with van der Waals surface area (Å²) in [6.45, 7) is 2.97. The van der Waals surface area contributed by atoms with Crippen LogP contribution in [0.5, 0.6) is 0 Å². The number of aryl methyl sites for hydroxylation is 2. The molecule has 0 N–H and O–H groups in total. The highest BCUT2D eigenvalue weighted by Crippen LogP contribution is 2.19. The molecular formula is C16H17FN2O2. The van der Waals surface area contributed by atoms with Crippen molar-refractivity contribution < 1.29 is 13.7 Å². The minimum absolute atomic E-state index is 0.115. The zero-order valence-corrected chi connectivity index (χ0v) is 11.9. The van der Waals surface area contributed by atoms with Crippen molar-refractivity contribution in [3.05, 3.63) is 52.7 Å². The van der Waals surface area contributed by atoms with Crippen LogP contribution in [-0.4, -0.2) is 22.5 Å². The van der Waals surface area contributed by atoms with Crippen LogP contribution in [0.1, 0.15) is 28.9 Å². The molecule has 3 rings (SSSR count). The van der Waals surface area contributed by atoms with Gasteiger partial charge in [0.2, 0.25) is 5.91 Å². The van der Waals surface area contributed by atoms with Gasteiger partial charge in [0.25, 0.3) is 0 Å². The molecule has 1 aromatic heterocycles. The van der Waals surface area contributed by atoms with E-state index in [0.29, 0.717) is 31.5 Å². The zero-order valence-electron chi connectivity index (χ0n) is 11.9. The van der Waals surface area contributed by atoms with Gasteiger partial charge in [0.05, 0.1) is 12.7 Å². The average molecular weight is 288 g/mol. The predicted octanol–water partition coefficient (Wildman–Crippen LogP) is 2.64. The topological polar surface area (TPSA) is 46.3 Å². The summed E-state index contributed by atoms with van der Waals surface area (Å²) in [5.74, 6) is 0.790. The molecule has 0 bridgehead atoms. The molecule has 5 heteroatoms. The number of carbonyl (C=O) groups is 1. The Morgan fingerprint density at radius 3 is 3.14 bits per heavy atom. The number of carbonyl (C=O) groups excluding carboxylic acids is 1. The lowest BCUT2D eigenvalue weighted by molar-refractivity contribution is -0.132. The van der Waals surface area contributed by atoms with Gasteiger partial charge in [-0.15, -0.1) is 0 Å². The van der Waals surface area contributed by atoms with Gasteiger partial charge in [0, 0.05) is 24.9 Å². The van der Waals surface area contributed by atoms with Crippen LogP contribution in [0.3, 0.4) is 0 Å². The van der Waals surface area contributed by atoms with Gasteiger partial charge < -0.3 is 9.42 Å². The number of fused-ring (bicyclic) bond motifs is 1. The van der Waals surface area contributed by atoms with Gasteiger partial charge in [0.15, 0.2) is 0 Å². The molecule has 1 aliphatic heterocycles. The first-order valence-electron chi connectivity index (χ1n) is 7.08. The molecular weight excluding hydrogens is 271 g/mol. The smallest absolute Gasteiger partial charge is 0.223 e. The number of nitrogens with zero attached hydrogens (tertiary/aromatic N) is 2. The van der Waals surface area contributed by atoms with Crippen molar-refractivity contribution in [3.63, 3.8) is 0 Å². The first kappa shape index (κ1) is 13.8. The predicted molar refractivity (Wildman–Crippen MR) is 75.1 cm³/mol. The summed E-state index contributed by atoms with van der Waals surface area (Å²) in [4.78, 5) is 14.1. The lowest BCUT2D eigenvalue weighted by Gasteiger charge is -2.25. The number of benzene rings is 1. The molecule has 0 spiro atoms. The summed E-state index contributed by atoms with van der Waals surface area (Å²) in [7, 11) is 0. The molecule has 1 aliphatic rings. The Labute approximate surface area is 122 Å². The molecule has 2 heterocycles. The molecule has 4 nitrogen and oxygen atoms in total. The van der Waals surface area contributed by atoms with Crippen molar-refractivity contribution in [1.82, 2.24) is 10.1 Å². The Morgan fingerprint density at radius 2 is 2.33 bits per heavy atom. The third kappa shape index (κ3) is 2.96. The fraction of sp³-hybridized carbons (Fsp3) is 0.375. The third-order valence-electron chi connectivity index (χ3n) is 3.90. The van der Waals surface area contributed by atoms with E-state index in [1.807, 2.05) is 4.90 Å². The van der Waals surface area contributed by atoms with E-state index in [-0.39, 0.29) is 11.7 Å². The van der Waals surface area contributed by atoms with E-state index in [1.165, 1.54) is 6.07 Å². The fourth-order valence-corrected chi connectivity index (χ4v) is 2.63. The van der Waals surface area contributed by atoms with Crippen molar-refractivity contribution in [3.8, 4) is 0 Å². The summed E-state index contributed by atoms with van der Waals surface area (Å²) in [5.41, 5.74) is 2.60. The molecule has 1 amide bonds. The standard InChI is InChI=1S/C16H17FN2O2/c1-11-8-12(2-4-14(11)17)3-5-16(20)19-7-6-15-13(10-19)9-18-21-15/h2,4,8-9H,3,5-7,10H2,1H3. The third-order valence-corrected chi connectivity index (χ3v) is 3.90. The Morgan fingerprint density at radius 1 is 1.48 bits per heavy atom. The molecule has 0 unspecified atom stereocenters. The summed E-state index contributed by atoms with van der Waals surface area (Å²) in [5, 5.41) is 3.76. The van der Waals surface area contributed by atoms with Crippen LogP contribution in [0.15, 0.2) is 28.9 Å². The molecule has 0 fully saturated rings. The molecule has 0 atom stereocenters. The lowest BCUT2D eigenvalue weighted by atomic mass is 10.0. The first-order chi connectivity index (χ1) is 10.1. The van der Waals surface area contributed by atoms with E-state index >= 15 is 0 Å². The highest BCUT2D eigenvalue weighted by molar-refractivity contribution is 5.76. The maximum Gasteiger partial charge on any atom is 0.223 e. The first-order valence-corrected chi connectivity index (χ1v) is 7.08. The quantitative estimate of drug-likeness (QED) is 0.872. The zero-order chi connectivity index (χ0) is 14.8. The van der Waals surface area contributed by atoms with E-state index in [1.54, 1.807) is 25.3 Å². The minimum atomic E-state index is -0.207. The molecule has 2 aromatic rings. The Hall–Kier alpha value is -2.17. The number of amides is 1. The van der Waals surface area contributed by atoms with Crippen LogP contribution in [0.4, 0.5) is 4.39 Å². The Kier molecular flexibility index (Phi) is 3.73. The molecule has 21 heavy (non-hydrogen) atoms.